The number of hydrogen-bond acceptors (Lipinski definition) is 2. The van der Waals surface area contributed by atoms with Crippen molar-refractivity contribution >= 4 is 5.91 Å². The maximum Gasteiger partial charge on any atom is 0.222 e. The Morgan fingerprint density at radius 1 is 1.30 bits per heavy atom. The van der Waals surface area contributed by atoms with Gasteiger partial charge in [-0.2, -0.15) is 0 Å². The molecule has 0 N–H and O–H groups in total. The van der Waals surface area contributed by atoms with E-state index in [1.807, 2.05) is 4.90 Å². The third-order valence-corrected chi connectivity index (χ3v) is 4.72. The molecule has 1 aliphatic rings. The highest BCUT2D eigenvalue weighted by Crippen LogP contribution is 2.38. The Labute approximate surface area is 125 Å². The van der Waals surface area contributed by atoms with E-state index >= 15 is 0 Å². The molecule has 1 fully saturated rings. The highest BCUT2D eigenvalue weighted by atomic mass is 16.5. The van der Waals surface area contributed by atoms with Gasteiger partial charge in [0.1, 0.15) is 0 Å². The zero-order chi connectivity index (χ0) is 15.3. The lowest BCUT2D eigenvalue weighted by Crippen LogP contribution is -2.40. The third kappa shape index (κ3) is 4.76. The molecule has 1 saturated heterocycles. The van der Waals surface area contributed by atoms with Gasteiger partial charge in [-0.3, -0.25) is 4.79 Å². The topological polar surface area (TPSA) is 29.5 Å². The van der Waals surface area contributed by atoms with Gasteiger partial charge in [0.05, 0.1) is 5.60 Å². The van der Waals surface area contributed by atoms with Crippen molar-refractivity contribution in [2.24, 2.45) is 17.8 Å². The first-order valence-electron chi connectivity index (χ1n) is 8.22. The minimum Gasteiger partial charge on any atom is -0.376 e. The molecule has 0 bridgehead atoms. The molecule has 1 amide bonds. The van der Waals surface area contributed by atoms with Gasteiger partial charge in [0.25, 0.3) is 0 Å². The first kappa shape index (κ1) is 17.5. The summed E-state index contributed by atoms with van der Waals surface area (Å²) in [5, 5.41) is 0. The van der Waals surface area contributed by atoms with Crippen molar-refractivity contribution < 1.29 is 9.53 Å². The van der Waals surface area contributed by atoms with Crippen LogP contribution in [0, 0.1) is 17.8 Å². The van der Waals surface area contributed by atoms with Crippen LogP contribution in [0.5, 0.6) is 0 Å². The van der Waals surface area contributed by atoms with Crippen LogP contribution >= 0.6 is 0 Å². The van der Waals surface area contributed by atoms with Crippen LogP contribution in [0.25, 0.3) is 0 Å². The molecule has 0 aliphatic carbocycles. The molecule has 3 heteroatoms. The Morgan fingerprint density at radius 3 is 2.35 bits per heavy atom. The summed E-state index contributed by atoms with van der Waals surface area (Å²) in [6.45, 7) is 15.4. The van der Waals surface area contributed by atoms with Gasteiger partial charge < -0.3 is 9.64 Å². The van der Waals surface area contributed by atoms with E-state index in [0.717, 1.165) is 32.5 Å². The Kier molecular flexibility index (Phi) is 6.50. The second kappa shape index (κ2) is 7.44. The molecule has 20 heavy (non-hydrogen) atoms. The van der Waals surface area contributed by atoms with Gasteiger partial charge in [-0.05, 0) is 58.3 Å². The molecule has 3 nitrogen and oxygen atoms in total. The maximum absolute atomic E-state index is 12.4. The van der Waals surface area contributed by atoms with Crippen molar-refractivity contribution in [3.8, 4) is 0 Å². The summed E-state index contributed by atoms with van der Waals surface area (Å²) in [6, 6.07) is 0. The van der Waals surface area contributed by atoms with Gasteiger partial charge in [-0.1, -0.05) is 13.8 Å². The van der Waals surface area contributed by atoms with Crippen LogP contribution in [0.4, 0.5) is 0 Å². The molecular formula is C17H33NO2. The van der Waals surface area contributed by atoms with Crippen molar-refractivity contribution in [1.82, 2.24) is 4.90 Å². The van der Waals surface area contributed by atoms with Crippen molar-refractivity contribution in [1.29, 1.82) is 0 Å². The van der Waals surface area contributed by atoms with Gasteiger partial charge in [0, 0.05) is 26.1 Å². The molecule has 0 aromatic carbocycles. The lowest BCUT2D eigenvalue weighted by atomic mass is 9.73. The monoisotopic (exact) mass is 283 g/mol. The van der Waals surface area contributed by atoms with Crippen molar-refractivity contribution in [3.63, 3.8) is 0 Å². The number of ether oxygens (including phenoxy) is 1. The highest BCUT2D eigenvalue weighted by molar-refractivity contribution is 5.76. The Hall–Kier alpha value is -0.570. The molecule has 0 radical (unpaired) electrons. The number of hydrogen-bond donors (Lipinski definition) is 0. The molecule has 2 atom stereocenters. The number of carbonyl (C=O) groups excluding carboxylic acids is 1. The second-order valence-corrected chi connectivity index (χ2v) is 7.04. The molecule has 0 spiro atoms. The lowest BCUT2D eigenvalue weighted by Gasteiger charge is -2.41. The van der Waals surface area contributed by atoms with E-state index in [-0.39, 0.29) is 5.60 Å². The van der Waals surface area contributed by atoms with Gasteiger partial charge in [-0.15, -0.1) is 0 Å². The predicted molar refractivity (Wildman–Crippen MR) is 83.6 cm³/mol. The van der Waals surface area contributed by atoms with Crippen LogP contribution in [0.2, 0.25) is 0 Å². The molecule has 1 heterocycles. The normalized spacial score (nSPS) is 23.6. The summed E-state index contributed by atoms with van der Waals surface area (Å²) in [4.78, 5) is 14.4. The number of rotatable bonds is 6. The molecular weight excluding hydrogens is 250 g/mol. The van der Waals surface area contributed by atoms with E-state index in [1.54, 1.807) is 0 Å². The van der Waals surface area contributed by atoms with E-state index in [4.69, 9.17) is 4.74 Å². The van der Waals surface area contributed by atoms with Crippen molar-refractivity contribution in [2.75, 3.05) is 19.7 Å². The molecule has 0 unspecified atom stereocenters. The number of nitrogens with zero attached hydrogens (tertiary/aromatic N) is 1. The fourth-order valence-electron chi connectivity index (χ4n) is 3.50. The van der Waals surface area contributed by atoms with Crippen LogP contribution in [0.15, 0.2) is 0 Å². The lowest BCUT2D eigenvalue weighted by molar-refractivity contribution is -0.134. The Bertz CT molecular complexity index is 308. The van der Waals surface area contributed by atoms with Crippen molar-refractivity contribution in [3.05, 3.63) is 0 Å². The number of amides is 1. The van der Waals surface area contributed by atoms with E-state index in [0.29, 0.717) is 30.1 Å². The quantitative estimate of drug-likeness (QED) is 0.743. The largest absolute Gasteiger partial charge is 0.376 e. The van der Waals surface area contributed by atoms with Crippen LogP contribution in [-0.4, -0.2) is 36.1 Å². The van der Waals surface area contributed by atoms with Gasteiger partial charge in [-0.25, -0.2) is 0 Å². The zero-order valence-corrected chi connectivity index (χ0v) is 14.2. The fraction of sp³-hybridized carbons (Fsp3) is 0.941. The average Bonchev–Trinajstić information content (AvgIpc) is 2.35. The summed E-state index contributed by atoms with van der Waals surface area (Å²) < 4.78 is 5.82. The zero-order valence-electron chi connectivity index (χ0n) is 14.2. The molecule has 0 saturated carbocycles. The summed E-state index contributed by atoms with van der Waals surface area (Å²) in [5.74, 6) is 1.95. The maximum atomic E-state index is 12.4. The highest BCUT2D eigenvalue weighted by Gasteiger charge is 2.35. The van der Waals surface area contributed by atoms with Crippen molar-refractivity contribution in [2.45, 2.75) is 66.4 Å². The number of carbonyl (C=O) groups is 1. The fourth-order valence-corrected chi connectivity index (χ4v) is 3.50. The first-order valence-corrected chi connectivity index (χ1v) is 8.22. The van der Waals surface area contributed by atoms with Crippen LogP contribution in [0.3, 0.4) is 0 Å². The molecule has 1 rings (SSSR count). The van der Waals surface area contributed by atoms with Crippen LogP contribution in [0.1, 0.15) is 60.8 Å². The van der Waals surface area contributed by atoms with E-state index < -0.39 is 0 Å². The molecule has 0 aromatic heterocycles. The van der Waals surface area contributed by atoms with Crippen LogP contribution in [-0.2, 0) is 9.53 Å². The summed E-state index contributed by atoms with van der Waals surface area (Å²) >= 11 is 0. The summed E-state index contributed by atoms with van der Waals surface area (Å²) in [6.07, 6.45) is 2.86. The smallest absolute Gasteiger partial charge is 0.222 e. The van der Waals surface area contributed by atoms with E-state index in [1.165, 1.54) is 0 Å². The van der Waals surface area contributed by atoms with Gasteiger partial charge >= 0.3 is 0 Å². The Balaban J connectivity index is 2.71. The summed E-state index contributed by atoms with van der Waals surface area (Å²) in [5.41, 5.74) is -0.0334. The third-order valence-electron chi connectivity index (χ3n) is 4.72. The molecule has 118 valence electrons. The standard InChI is InChI=1S/C17H33NO2/c1-7-18(8-2)16(19)11-15(13(3)4)14-9-10-20-17(5,6)12-14/h13-15H,7-12H2,1-6H3/t14-,15-/m1/s1. The Morgan fingerprint density at radius 2 is 1.90 bits per heavy atom. The summed E-state index contributed by atoms with van der Waals surface area (Å²) in [7, 11) is 0. The molecule has 0 aromatic rings. The SMILES string of the molecule is CCN(CC)C(=O)C[C@H](C(C)C)[C@@H]1CCOC(C)(C)C1. The van der Waals surface area contributed by atoms with Crippen LogP contribution < -0.4 is 0 Å². The minimum atomic E-state index is -0.0334. The van der Waals surface area contributed by atoms with E-state index in [2.05, 4.69) is 41.5 Å². The van der Waals surface area contributed by atoms with E-state index in [9.17, 15) is 4.79 Å². The predicted octanol–water partition coefficient (Wildman–Crippen LogP) is 3.72. The average molecular weight is 283 g/mol. The second-order valence-electron chi connectivity index (χ2n) is 7.04. The first-order chi connectivity index (χ1) is 9.30. The van der Waals surface area contributed by atoms with Gasteiger partial charge in [0.15, 0.2) is 0 Å². The molecule has 1 aliphatic heterocycles. The van der Waals surface area contributed by atoms with Gasteiger partial charge in [0.2, 0.25) is 5.91 Å². The minimum absolute atomic E-state index is 0.0334.